The molecule has 3 unspecified atom stereocenters. The van der Waals surface area contributed by atoms with E-state index in [2.05, 4.69) is 72.0 Å². The predicted octanol–water partition coefficient (Wildman–Crippen LogP) is 9.25. The van der Waals surface area contributed by atoms with Crippen molar-refractivity contribution in [3.05, 3.63) is 105 Å². The van der Waals surface area contributed by atoms with Crippen LogP contribution in [0, 0.1) is 25.0 Å². The van der Waals surface area contributed by atoms with E-state index in [4.69, 9.17) is 37.4 Å². The van der Waals surface area contributed by atoms with Gasteiger partial charge in [-0.25, -0.2) is 34.0 Å². The summed E-state index contributed by atoms with van der Waals surface area (Å²) in [4.78, 5) is 48.1. The Balaban J connectivity index is 1.39. The van der Waals surface area contributed by atoms with E-state index in [1.54, 1.807) is 23.5 Å². The van der Waals surface area contributed by atoms with Crippen molar-refractivity contribution in [2.24, 2.45) is 11.8 Å². The Morgan fingerprint density at radius 3 is 1.78 bits per heavy atom. The molecule has 3 atom stereocenters. The average molecular weight is 719 g/mol. The summed E-state index contributed by atoms with van der Waals surface area (Å²) in [5.74, 6) is 0.481. The second-order valence-electron chi connectivity index (χ2n) is 12.1. The second-order valence-corrected chi connectivity index (χ2v) is 14.2. The highest BCUT2D eigenvalue weighted by atomic mass is 32.2. The van der Waals surface area contributed by atoms with Gasteiger partial charge in [-0.05, 0) is 48.9 Å². The van der Waals surface area contributed by atoms with Crippen molar-refractivity contribution >= 4 is 40.9 Å². The number of ether oxygens (including phenoxy) is 1. The minimum atomic E-state index is -0.882. The van der Waals surface area contributed by atoms with Gasteiger partial charge in [0.05, 0.1) is 34.6 Å². The summed E-state index contributed by atoms with van der Waals surface area (Å²) < 4.78 is 5.20. The summed E-state index contributed by atoms with van der Waals surface area (Å²) in [6.45, 7) is 29.1. The molecular weight excluding hydrogens is 673 g/mol. The first-order chi connectivity index (χ1) is 24.3. The number of carbonyl (C=O) groups is 1. The van der Waals surface area contributed by atoms with Crippen LogP contribution < -0.4 is 9.80 Å². The molecule has 0 bridgehead atoms. The fourth-order valence-electron chi connectivity index (χ4n) is 5.08. The molecular formula is C38H46N4O6S2. The number of anilines is 2. The molecule has 266 valence electrons. The first-order valence-corrected chi connectivity index (χ1v) is 18.6. The maximum absolute atomic E-state index is 11.8. The number of rotatable bonds is 20. The van der Waals surface area contributed by atoms with Crippen LogP contribution in [0.15, 0.2) is 92.4 Å². The zero-order valence-electron chi connectivity index (χ0n) is 29.3. The number of para-hydroxylation sites is 2. The van der Waals surface area contributed by atoms with Crippen molar-refractivity contribution in [2.45, 2.75) is 69.3 Å². The first kappa shape index (κ1) is 39.0. The molecule has 0 spiro atoms. The molecule has 2 aromatic carbocycles. The van der Waals surface area contributed by atoms with Crippen LogP contribution in [0.3, 0.4) is 0 Å². The summed E-state index contributed by atoms with van der Waals surface area (Å²) in [6, 6.07) is 16.2. The minimum absolute atomic E-state index is 0.0854. The number of benzene rings is 2. The summed E-state index contributed by atoms with van der Waals surface area (Å²) in [5, 5.41) is 1.64. The maximum atomic E-state index is 11.8. The van der Waals surface area contributed by atoms with Gasteiger partial charge >= 0.3 is 5.97 Å². The van der Waals surface area contributed by atoms with Crippen LogP contribution in [0.5, 0.6) is 0 Å². The Kier molecular flexibility index (Phi) is 15.8. The van der Waals surface area contributed by atoms with E-state index in [1.807, 2.05) is 30.3 Å². The molecule has 2 heterocycles. The zero-order valence-corrected chi connectivity index (χ0v) is 30.9. The molecule has 0 N–H and O–H groups in total. The van der Waals surface area contributed by atoms with Gasteiger partial charge in [-0.1, -0.05) is 94.9 Å². The van der Waals surface area contributed by atoms with Crippen LogP contribution in [-0.2, 0) is 29.1 Å². The van der Waals surface area contributed by atoms with Crippen molar-refractivity contribution in [1.82, 2.24) is 0 Å². The van der Waals surface area contributed by atoms with Gasteiger partial charge in [0.25, 0.3) is 0 Å². The lowest BCUT2D eigenvalue weighted by atomic mass is 10.1. The molecule has 4 rings (SSSR count). The third-order valence-corrected chi connectivity index (χ3v) is 11.0. The number of hydrogen-bond acceptors (Lipinski definition) is 10. The number of nitrogens with zero attached hydrogens (tertiary/aromatic N) is 4. The van der Waals surface area contributed by atoms with Gasteiger partial charge in [-0.3, -0.25) is 0 Å². The van der Waals surface area contributed by atoms with Crippen molar-refractivity contribution in [1.29, 1.82) is 0 Å². The predicted molar refractivity (Wildman–Crippen MR) is 199 cm³/mol. The lowest BCUT2D eigenvalue weighted by Crippen LogP contribution is -2.28. The molecule has 10 nitrogen and oxygen atoms in total. The van der Waals surface area contributed by atoms with Gasteiger partial charge in [0.15, 0.2) is 6.10 Å². The molecule has 0 aliphatic carbocycles. The SMILES string of the molecule is [C-]#[N+]C(COOCC(COC(=O)C=C)OOCC([N+]#[C-])=C1Sc2ccccc2N1CCC(C)CC)=C1Sc2ccccc2N1CCC(C)CC. The van der Waals surface area contributed by atoms with E-state index in [0.29, 0.717) is 23.2 Å². The molecule has 0 amide bonds. The third-order valence-electron chi connectivity index (χ3n) is 8.58. The molecule has 0 radical (unpaired) electrons. The average Bonchev–Trinajstić information content (AvgIpc) is 3.70. The number of fused-ring (bicyclic) bond motifs is 2. The molecule has 0 fully saturated rings. The van der Waals surface area contributed by atoms with E-state index in [-0.39, 0.29) is 26.4 Å². The topological polar surface area (TPSA) is 78.4 Å². The Labute approximate surface area is 304 Å². The third kappa shape index (κ3) is 10.6. The zero-order chi connectivity index (χ0) is 35.9. The van der Waals surface area contributed by atoms with Crippen LogP contribution >= 0.6 is 23.5 Å². The monoisotopic (exact) mass is 718 g/mol. The smallest absolute Gasteiger partial charge is 0.330 e. The quantitative estimate of drug-likeness (QED) is 0.0330. The van der Waals surface area contributed by atoms with Gasteiger partial charge < -0.3 is 14.5 Å². The highest BCUT2D eigenvalue weighted by Crippen LogP contribution is 2.48. The number of esters is 1. The molecule has 50 heavy (non-hydrogen) atoms. The van der Waals surface area contributed by atoms with E-state index in [9.17, 15) is 4.79 Å². The lowest BCUT2D eigenvalue weighted by Gasteiger charge is -2.24. The number of carbonyl (C=O) groups excluding carboxylic acids is 1. The van der Waals surface area contributed by atoms with Crippen LogP contribution in [0.1, 0.15) is 53.4 Å². The van der Waals surface area contributed by atoms with Gasteiger partial charge in [0.2, 0.25) is 11.4 Å². The Hall–Kier alpha value is -3.75. The highest BCUT2D eigenvalue weighted by Gasteiger charge is 2.30. The molecule has 0 saturated carbocycles. The summed E-state index contributed by atoms with van der Waals surface area (Å²) in [7, 11) is 0. The number of hydrogen-bond donors (Lipinski definition) is 0. The fraction of sp³-hybridized carbons (Fsp3) is 0.447. The standard InChI is InChI=1S/C38H46N4O6S2/c1-8-27(4)19-21-41-32-15-11-13-17-34(32)49-37(41)30(39-6)25-46-45-24-29(23-44-36(43)10-3)48-47-26-31(40-7)38-42(22-20-28(5)9-2)33-16-12-14-18-35(33)50-38/h10-18,27-29H,3,8-9,19-26H2,1-2,4-5H3. The maximum Gasteiger partial charge on any atom is 0.330 e. The van der Waals surface area contributed by atoms with Crippen molar-refractivity contribution in [3.8, 4) is 0 Å². The van der Waals surface area contributed by atoms with Gasteiger partial charge in [0.1, 0.15) is 26.4 Å². The molecule has 2 aromatic rings. The fourth-order valence-corrected chi connectivity index (χ4v) is 7.40. The van der Waals surface area contributed by atoms with Crippen LogP contribution in [0.2, 0.25) is 0 Å². The van der Waals surface area contributed by atoms with Crippen LogP contribution in [-0.4, -0.2) is 51.6 Å². The highest BCUT2D eigenvalue weighted by molar-refractivity contribution is 8.04. The van der Waals surface area contributed by atoms with Gasteiger partial charge in [-0.2, -0.15) is 0 Å². The van der Waals surface area contributed by atoms with E-state index >= 15 is 0 Å². The van der Waals surface area contributed by atoms with Gasteiger partial charge in [-0.15, -0.1) is 0 Å². The molecule has 12 heteroatoms. The largest absolute Gasteiger partial charge is 0.460 e. The van der Waals surface area contributed by atoms with E-state index in [1.165, 1.54) is 0 Å². The second kappa shape index (κ2) is 20.2. The molecule has 2 aliphatic rings. The van der Waals surface area contributed by atoms with Crippen molar-refractivity contribution in [3.63, 3.8) is 0 Å². The summed E-state index contributed by atoms with van der Waals surface area (Å²) in [6.07, 6.45) is 4.32. The van der Waals surface area contributed by atoms with Gasteiger partial charge in [0, 0.05) is 29.0 Å². The van der Waals surface area contributed by atoms with Crippen molar-refractivity contribution < 1.29 is 29.1 Å². The Morgan fingerprint density at radius 2 is 1.30 bits per heavy atom. The van der Waals surface area contributed by atoms with Crippen LogP contribution in [0.25, 0.3) is 9.69 Å². The summed E-state index contributed by atoms with van der Waals surface area (Å²) >= 11 is 3.10. The first-order valence-electron chi connectivity index (χ1n) is 16.9. The summed E-state index contributed by atoms with van der Waals surface area (Å²) in [5.41, 5.74) is 2.98. The molecule has 0 saturated heterocycles. The van der Waals surface area contributed by atoms with E-state index < -0.39 is 12.1 Å². The van der Waals surface area contributed by atoms with Crippen LogP contribution in [0.4, 0.5) is 11.4 Å². The normalized spacial score (nSPS) is 17.2. The molecule has 2 aliphatic heterocycles. The van der Waals surface area contributed by atoms with Crippen molar-refractivity contribution in [2.75, 3.05) is 49.3 Å². The Bertz CT molecular complexity index is 1620. The van der Waals surface area contributed by atoms with E-state index in [0.717, 1.165) is 76.1 Å². The number of thioether (sulfide) groups is 2. The lowest BCUT2D eigenvalue weighted by molar-refractivity contribution is -0.364. The Morgan fingerprint density at radius 1 is 0.800 bits per heavy atom. The minimum Gasteiger partial charge on any atom is -0.460 e. The molecule has 0 aromatic heterocycles.